The van der Waals surface area contributed by atoms with E-state index in [1.165, 1.54) is 5.56 Å². The lowest BCUT2D eigenvalue weighted by Gasteiger charge is -2.32. The number of benzene rings is 1. The Labute approximate surface area is 191 Å². The number of carbonyl (C=O) groups is 1. The Bertz CT molecular complexity index is 629. The number of carbonyl (C=O) groups excluding carboxylic acids is 1. The van der Waals surface area contributed by atoms with E-state index in [4.69, 9.17) is 9.47 Å². The number of aliphatic imine (C=N–C) groups is 1. The molecule has 0 aromatic heterocycles. The maximum absolute atomic E-state index is 11.8. The van der Waals surface area contributed by atoms with E-state index in [0.29, 0.717) is 44.8 Å². The molecule has 1 amide bonds. The minimum Gasteiger partial charge on any atom is -0.492 e. The van der Waals surface area contributed by atoms with Gasteiger partial charge in [0.15, 0.2) is 5.96 Å². The Morgan fingerprint density at radius 1 is 1.24 bits per heavy atom. The summed E-state index contributed by atoms with van der Waals surface area (Å²) in [6, 6.07) is 8.54. The lowest BCUT2D eigenvalue weighted by molar-refractivity contribution is 0.0963. The van der Waals surface area contributed by atoms with Crippen molar-refractivity contribution in [3.63, 3.8) is 0 Å². The van der Waals surface area contributed by atoms with Gasteiger partial charge < -0.3 is 25.0 Å². The van der Waals surface area contributed by atoms with Gasteiger partial charge in [0.2, 0.25) is 0 Å². The number of hydrogen-bond acceptors (Lipinski definition) is 4. The summed E-state index contributed by atoms with van der Waals surface area (Å²) in [7, 11) is 1.76. The topological polar surface area (TPSA) is 75.2 Å². The van der Waals surface area contributed by atoms with Crippen LogP contribution in [0.3, 0.4) is 0 Å². The van der Waals surface area contributed by atoms with Crippen molar-refractivity contribution in [3.05, 3.63) is 29.8 Å². The van der Waals surface area contributed by atoms with Gasteiger partial charge in [-0.1, -0.05) is 26.0 Å². The zero-order valence-corrected chi connectivity index (χ0v) is 20.3. The number of amides is 1. The van der Waals surface area contributed by atoms with Crippen LogP contribution in [0, 0.1) is 0 Å². The van der Waals surface area contributed by atoms with Gasteiger partial charge in [-0.2, -0.15) is 0 Å². The molecule has 0 saturated carbocycles. The van der Waals surface area contributed by atoms with Crippen molar-refractivity contribution in [2.45, 2.75) is 45.6 Å². The summed E-state index contributed by atoms with van der Waals surface area (Å²) in [5, 5.41) is 6.70. The zero-order valence-electron chi connectivity index (χ0n) is 17.9. The Morgan fingerprint density at radius 2 is 1.90 bits per heavy atom. The van der Waals surface area contributed by atoms with Gasteiger partial charge in [0.25, 0.3) is 0 Å². The zero-order chi connectivity index (χ0) is 20.4. The standard InChI is InChI=1S/C21H34N4O3.HI/c1-5-27-21(26)25-13-10-18(11-14-25)24-20(22-4)23-12-15-28-19-8-6-17(7-9-19)16(2)3;/h6-9,16,18H,5,10-15H2,1-4H3,(H2,22,23,24);1H. The van der Waals surface area contributed by atoms with Crippen molar-refractivity contribution >= 4 is 36.0 Å². The highest BCUT2D eigenvalue weighted by Crippen LogP contribution is 2.18. The number of guanidine groups is 1. The number of hydrogen-bond donors (Lipinski definition) is 2. The largest absolute Gasteiger partial charge is 0.492 e. The lowest BCUT2D eigenvalue weighted by Crippen LogP contribution is -2.50. The fourth-order valence-corrected chi connectivity index (χ4v) is 3.10. The second-order valence-electron chi connectivity index (χ2n) is 7.18. The third-order valence-corrected chi connectivity index (χ3v) is 4.80. The van der Waals surface area contributed by atoms with Crippen molar-refractivity contribution in [1.82, 2.24) is 15.5 Å². The maximum Gasteiger partial charge on any atom is 0.409 e. The number of likely N-dealkylation sites (tertiary alicyclic amines) is 1. The molecular formula is C21H35IN4O3. The van der Waals surface area contributed by atoms with Gasteiger partial charge in [-0.25, -0.2) is 4.79 Å². The van der Waals surface area contributed by atoms with E-state index in [1.54, 1.807) is 11.9 Å². The van der Waals surface area contributed by atoms with E-state index in [-0.39, 0.29) is 30.1 Å². The molecule has 0 aliphatic carbocycles. The molecule has 1 fully saturated rings. The molecule has 1 aliphatic heterocycles. The van der Waals surface area contributed by atoms with E-state index in [1.807, 2.05) is 19.1 Å². The highest BCUT2D eigenvalue weighted by atomic mass is 127. The van der Waals surface area contributed by atoms with Crippen LogP contribution in [0.1, 0.15) is 45.1 Å². The van der Waals surface area contributed by atoms with Gasteiger partial charge >= 0.3 is 6.09 Å². The Balaban J connectivity index is 0.00000420. The predicted molar refractivity (Wildman–Crippen MR) is 128 cm³/mol. The second kappa shape index (κ2) is 13.5. The van der Waals surface area contributed by atoms with Gasteiger partial charge in [0, 0.05) is 26.2 Å². The van der Waals surface area contributed by atoms with Gasteiger partial charge in [-0.15, -0.1) is 24.0 Å². The quantitative estimate of drug-likeness (QED) is 0.250. The molecule has 7 nitrogen and oxygen atoms in total. The molecule has 0 spiro atoms. The fraction of sp³-hybridized carbons (Fsp3) is 0.619. The summed E-state index contributed by atoms with van der Waals surface area (Å²) < 4.78 is 10.8. The molecule has 1 aromatic carbocycles. The van der Waals surface area contributed by atoms with Crippen LogP contribution in [0.15, 0.2) is 29.3 Å². The van der Waals surface area contributed by atoms with Crippen LogP contribution in [0.4, 0.5) is 4.79 Å². The van der Waals surface area contributed by atoms with E-state index in [0.717, 1.165) is 24.6 Å². The number of nitrogens with zero attached hydrogens (tertiary/aromatic N) is 2. The van der Waals surface area contributed by atoms with Crippen LogP contribution in [-0.4, -0.2) is 62.9 Å². The molecule has 0 atom stereocenters. The third-order valence-electron chi connectivity index (χ3n) is 4.80. The molecule has 0 unspecified atom stereocenters. The predicted octanol–water partition coefficient (Wildman–Crippen LogP) is 3.59. The molecule has 1 aliphatic rings. The molecule has 164 valence electrons. The van der Waals surface area contributed by atoms with Gasteiger partial charge in [-0.3, -0.25) is 4.99 Å². The van der Waals surface area contributed by atoms with Crippen LogP contribution in [0.25, 0.3) is 0 Å². The van der Waals surface area contributed by atoms with E-state index < -0.39 is 0 Å². The van der Waals surface area contributed by atoms with Gasteiger partial charge in [0.05, 0.1) is 13.2 Å². The first-order valence-electron chi connectivity index (χ1n) is 10.1. The lowest BCUT2D eigenvalue weighted by atomic mass is 10.0. The van der Waals surface area contributed by atoms with E-state index >= 15 is 0 Å². The van der Waals surface area contributed by atoms with E-state index in [9.17, 15) is 4.79 Å². The maximum atomic E-state index is 11.8. The van der Waals surface area contributed by atoms with Gasteiger partial charge in [0.1, 0.15) is 12.4 Å². The second-order valence-corrected chi connectivity index (χ2v) is 7.18. The van der Waals surface area contributed by atoms with Crippen molar-refractivity contribution in [1.29, 1.82) is 0 Å². The number of nitrogens with one attached hydrogen (secondary N) is 2. The van der Waals surface area contributed by atoms with Crippen molar-refractivity contribution in [2.75, 3.05) is 39.9 Å². The molecule has 0 radical (unpaired) electrons. The van der Waals surface area contributed by atoms with Crippen molar-refractivity contribution in [3.8, 4) is 5.75 Å². The summed E-state index contributed by atoms with van der Waals surface area (Å²) in [6.45, 7) is 9.21. The summed E-state index contributed by atoms with van der Waals surface area (Å²) in [4.78, 5) is 17.8. The van der Waals surface area contributed by atoms with Crippen LogP contribution in [0.2, 0.25) is 0 Å². The minimum atomic E-state index is -0.220. The summed E-state index contributed by atoms with van der Waals surface area (Å²) in [5.74, 6) is 2.16. The SMILES string of the molecule is CCOC(=O)N1CCC(NC(=NC)NCCOc2ccc(C(C)C)cc2)CC1.I. The van der Waals surface area contributed by atoms with Crippen molar-refractivity contribution < 1.29 is 14.3 Å². The molecule has 2 rings (SSSR count). The smallest absolute Gasteiger partial charge is 0.409 e. The number of piperidine rings is 1. The minimum absolute atomic E-state index is 0. The van der Waals surface area contributed by atoms with Crippen molar-refractivity contribution in [2.24, 2.45) is 4.99 Å². The normalized spacial score (nSPS) is 14.9. The number of rotatable bonds is 7. The highest BCUT2D eigenvalue weighted by Gasteiger charge is 2.23. The summed E-state index contributed by atoms with van der Waals surface area (Å²) in [6.07, 6.45) is 1.53. The third kappa shape index (κ3) is 8.67. The average molecular weight is 518 g/mol. The number of halogens is 1. The molecule has 1 heterocycles. The summed E-state index contributed by atoms with van der Waals surface area (Å²) in [5.41, 5.74) is 1.31. The first-order chi connectivity index (χ1) is 13.5. The summed E-state index contributed by atoms with van der Waals surface area (Å²) >= 11 is 0. The molecule has 1 saturated heterocycles. The number of ether oxygens (including phenoxy) is 2. The van der Waals surface area contributed by atoms with E-state index in [2.05, 4.69) is 41.6 Å². The first kappa shape index (κ1) is 25.3. The molecule has 29 heavy (non-hydrogen) atoms. The molecule has 1 aromatic rings. The monoisotopic (exact) mass is 518 g/mol. The Morgan fingerprint density at radius 3 is 2.45 bits per heavy atom. The van der Waals surface area contributed by atoms with Gasteiger partial charge in [-0.05, 0) is 43.4 Å². The van der Waals surface area contributed by atoms with Crippen LogP contribution in [0.5, 0.6) is 5.75 Å². The molecular weight excluding hydrogens is 483 g/mol. The van der Waals surface area contributed by atoms with Crippen LogP contribution < -0.4 is 15.4 Å². The Kier molecular flexibility index (Phi) is 11.8. The Hall–Kier alpha value is -1.71. The van der Waals surface area contributed by atoms with Crippen LogP contribution >= 0.6 is 24.0 Å². The fourth-order valence-electron chi connectivity index (χ4n) is 3.10. The van der Waals surface area contributed by atoms with Crippen LogP contribution in [-0.2, 0) is 4.74 Å². The molecule has 8 heteroatoms. The average Bonchev–Trinajstić information content (AvgIpc) is 2.71. The first-order valence-corrected chi connectivity index (χ1v) is 10.1. The highest BCUT2D eigenvalue weighted by molar-refractivity contribution is 14.0. The molecule has 2 N–H and O–H groups in total. The molecule has 0 bridgehead atoms.